The zero-order valence-corrected chi connectivity index (χ0v) is 17.8. The van der Waals surface area contributed by atoms with E-state index >= 15 is 0 Å². The summed E-state index contributed by atoms with van der Waals surface area (Å²) in [4.78, 5) is 31.8. The Bertz CT molecular complexity index is 1070. The number of amides is 1. The van der Waals surface area contributed by atoms with Gasteiger partial charge in [-0.3, -0.25) is 14.2 Å². The van der Waals surface area contributed by atoms with Crippen molar-refractivity contribution in [3.63, 3.8) is 0 Å². The Labute approximate surface area is 171 Å². The summed E-state index contributed by atoms with van der Waals surface area (Å²) in [7, 11) is 0. The number of aryl methyl sites for hydroxylation is 2. The molecule has 0 aliphatic carbocycles. The molecule has 0 saturated heterocycles. The zero-order chi connectivity index (χ0) is 20.4. The molecule has 0 spiro atoms. The molecule has 148 valence electrons. The van der Waals surface area contributed by atoms with Crippen LogP contribution in [0.25, 0.3) is 10.2 Å². The molecule has 0 unspecified atom stereocenters. The van der Waals surface area contributed by atoms with Gasteiger partial charge in [-0.2, -0.15) is 0 Å². The van der Waals surface area contributed by atoms with E-state index in [4.69, 9.17) is 0 Å². The van der Waals surface area contributed by atoms with E-state index in [1.807, 2.05) is 27.7 Å². The smallest absolute Gasteiger partial charge is 0.263 e. The number of thioether (sulfide) groups is 1. The number of aromatic nitrogens is 2. The van der Waals surface area contributed by atoms with Gasteiger partial charge in [-0.05, 0) is 49.6 Å². The first-order valence-corrected chi connectivity index (χ1v) is 10.7. The van der Waals surface area contributed by atoms with Crippen LogP contribution in [0.1, 0.15) is 24.3 Å². The minimum Gasteiger partial charge on any atom is -0.325 e. The van der Waals surface area contributed by atoms with E-state index in [2.05, 4.69) is 10.3 Å². The van der Waals surface area contributed by atoms with Gasteiger partial charge in [0.25, 0.3) is 5.56 Å². The van der Waals surface area contributed by atoms with Gasteiger partial charge in [0.15, 0.2) is 5.16 Å². The van der Waals surface area contributed by atoms with Crippen molar-refractivity contribution >= 4 is 44.9 Å². The number of hydrogen-bond acceptors (Lipinski definition) is 5. The molecule has 3 aromatic rings. The highest BCUT2D eigenvalue weighted by molar-refractivity contribution is 7.99. The lowest BCUT2D eigenvalue weighted by atomic mass is 10.2. The van der Waals surface area contributed by atoms with Crippen molar-refractivity contribution in [1.29, 1.82) is 0 Å². The van der Waals surface area contributed by atoms with E-state index in [0.29, 0.717) is 27.6 Å². The SMILES string of the molecule is Cc1sc2nc(SCC(=O)Nc3ccc(F)cc3)n(CC(C)C)c(=O)c2c1C. The topological polar surface area (TPSA) is 64.0 Å². The lowest BCUT2D eigenvalue weighted by Gasteiger charge is -2.14. The molecular weight excluding hydrogens is 397 g/mol. The van der Waals surface area contributed by atoms with Gasteiger partial charge < -0.3 is 5.32 Å². The molecule has 1 amide bonds. The molecule has 1 aromatic carbocycles. The molecule has 0 aliphatic rings. The van der Waals surface area contributed by atoms with Crippen LogP contribution in [0.2, 0.25) is 0 Å². The van der Waals surface area contributed by atoms with Crippen LogP contribution in [0.15, 0.2) is 34.2 Å². The molecule has 0 radical (unpaired) electrons. The van der Waals surface area contributed by atoms with Crippen molar-refractivity contribution in [3.05, 3.63) is 50.9 Å². The van der Waals surface area contributed by atoms with E-state index < -0.39 is 0 Å². The van der Waals surface area contributed by atoms with Crippen LogP contribution in [-0.2, 0) is 11.3 Å². The third kappa shape index (κ3) is 4.44. The van der Waals surface area contributed by atoms with Gasteiger partial charge in [-0.1, -0.05) is 25.6 Å². The van der Waals surface area contributed by atoms with Gasteiger partial charge in [-0.15, -0.1) is 11.3 Å². The molecule has 2 aromatic heterocycles. The van der Waals surface area contributed by atoms with Crippen LogP contribution in [0.5, 0.6) is 0 Å². The number of thiophene rings is 1. The number of anilines is 1. The Balaban J connectivity index is 1.85. The number of nitrogens with zero attached hydrogens (tertiary/aromatic N) is 2. The van der Waals surface area contributed by atoms with Crippen molar-refractivity contribution in [2.75, 3.05) is 11.1 Å². The Morgan fingerprint density at radius 1 is 1.29 bits per heavy atom. The van der Waals surface area contributed by atoms with Crippen LogP contribution in [0.4, 0.5) is 10.1 Å². The van der Waals surface area contributed by atoms with Crippen LogP contribution in [0.3, 0.4) is 0 Å². The van der Waals surface area contributed by atoms with Gasteiger partial charge in [0.1, 0.15) is 10.6 Å². The molecule has 28 heavy (non-hydrogen) atoms. The van der Waals surface area contributed by atoms with Crippen LogP contribution < -0.4 is 10.9 Å². The van der Waals surface area contributed by atoms with Crippen molar-refractivity contribution in [2.24, 2.45) is 5.92 Å². The van der Waals surface area contributed by atoms with Crippen LogP contribution >= 0.6 is 23.1 Å². The number of hydrogen-bond donors (Lipinski definition) is 1. The third-order valence-electron chi connectivity index (χ3n) is 4.26. The van der Waals surface area contributed by atoms with Crippen molar-refractivity contribution in [2.45, 2.75) is 39.4 Å². The summed E-state index contributed by atoms with van der Waals surface area (Å²) in [5.74, 6) is -0.217. The molecule has 0 bridgehead atoms. The summed E-state index contributed by atoms with van der Waals surface area (Å²) >= 11 is 2.74. The fraction of sp³-hybridized carbons (Fsp3) is 0.350. The first kappa shape index (κ1) is 20.5. The normalized spacial score (nSPS) is 11.4. The monoisotopic (exact) mass is 419 g/mol. The highest BCUT2D eigenvalue weighted by atomic mass is 32.2. The number of carbonyl (C=O) groups is 1. The maximum absolute atomic E-state index is 13.1. The molecule has 0 atom stereocenters. The number of carbonyl (C=O) groups excluding carboxylic acids is 1. The maximum atomic E-state index is 13.1. The second kappa shape index (κ2) is 8.45. The second-order valence-corrected chi connectivity index (χ2v) is 9.16. The van der Waals surface area contributed by atoms with Gasteiger partial charge in [-0.25, -0.2) is 9.37 Å². The second-order valence-electron chi connectivity index (χ2n) is 7.01. The van der Waals surface area contributed by atoms with E-state index in [1.54, 1.807) is 4.57 Å². The number of halogens is 1. The fourth-order valence-corrected chi connectivity index (χ4v) is 4.68. The lowest BCUT2D eigenvalue weighted by molar-refractivity contribution is -0.113. The summed E-state index contributed by atoms with van der Waals surface area (Å²) in [6.07, 6.45) is 0. The van der Waals surface area contributed by atoms with Gasteiger partial charge in [0.05, 0.1) is 11.1 Å². The average molecular weight is 420 g/mol. The first-order chi connectivity index (χ1) is 13.3. The van der Waals surface area contributed by atoms with Crippen LogP contribution in [0, 0.1) is 25.6 Å². The summed E-state index contributed by atoms with van der Waals surface area (Å²) in [5, 5.41) is 3.94. The molecular formula is C20H22FN3O2S2. The van der Waals surface area contributed by atoms with E-state index in [1.165, 1.54) is 47.4 Å². The fourth-order valence-electron chi connectivity index (χ4n) is 2.81. The molecule has 5 nitrogen and oxygen atoms in total. The summed E-state index contributed by atoms with van der Waals surface area (Å²) in [6, 6.07) is 5.60. The third-order valence-corrected chi connectivity index (χ3v) is 6.34. The number of rotatable bonds is 6. The Hall–Kier alpha value is -2.19. The molecule has 0 fully saturated rings. The average Bonchev–Trinajstić information content (AvgIpc) is 2.92. The Morgan fingerprint density at radius 3 is 2.61 bits per heavy atom. The van der Waals surface area contributed by atoms with E-state index in [0.717, 1.165) is 10.4 Å². The van der Waals surface area contributed by atoms with Crippen molar-refractivity contribution in [1.82, 2.24) is 9.55 Å². The van der Waals surface area contributed by atoms with E-state index in [-0.39, 0.29) is 29.0 Å². The molecule has 2 heterocycles. The molecule has 0 aliphatic heterocycles. The molecule has 1 N–H and O–H groups in total. The zero-order valence-electron chi connectivity index (χ0n) is 16.2. The quantitative estimate of drug-likeness (QED) is 0.468. The van der Waals surface area contributed by atoms with Gasteiger partial charge >= 0.3 is 0 Å². The standard InChI is InChI=1S/C20H22FN3O2S2/c1-11(2)9-24-19(26)17-12(3)13(4)28-18(17)23-20(24)27-10-16(25)22-15-7-5-14(21)6-8-15/h5-8,11H,9-10H2,1-4H3,(H,22,25). The summed E-state index contributed by atoms with van der Waals surface area (Å²) < 4.78 is 14.6. The van der Waals surface area contributed by atoms with E-state index in [9.17, 15) is 14.0 Å². The highest BCUT2D eigenvalue weighted by Gasteiger charge is 2.18. The molecule has 8 heteroatoms. The minimum atomic E-state index is -0.357. The predicted molar refractivity (Wildman–Crippen MR) is 114 cm³/mol. The number of benzene rings is 1. The lowest BCUT2D eigenvalue weighted by Crippen LogP contribution is -2.26. The Morgan fingerprint density at radius 2 is 1.96 bits per heavy atom. The van der Waals surface area contributed by atoms with Gasteiger partial charge in [0, 0.05) is 17.1 Å². The number of fused-ring (bicyclic) bond motifs is 1. The largest absolute Gasteiger partial charge is 0.325 e. The summed E-state index contributed by atoms with van der Waals surface area (Å²) in [6.45, 7) is 8.55. The first-order valence-electron chi connectivity index (χ1n) is 8.95. The summed E-state index contributed by atoms with van der Waals surface area (Å²) in [5.41, 5.74) is 1.45. The molecule has 3 rings (SSSR count). The minimum absolute atomic E-state index is 0.0537. The van der Waals surface area contributed by atoms with Crippen LogP contribution in [-0.4, -0.2) is 21.2 Å². The van der Waals surface area contributed by atoms with Crippen molar-refractivity contribution in [3.8, 4) is 0 Å². The number of nitrogens with one attached hydrogen (secondary N) is 1. The maximum Gasteiger partial charge on any atom is 0.263 e. The molecule has 0 saturated carbocycles. The predicted octanol–water partition coefficient (Wildman–Crippen LogP) is 4.60. The van der Waals surface area contributed by atoms with Gasteiger partial charge in [0.2, 0.25) is 5.91 Å². The highest BCUT2D eigenvalue weighted by Crippen LogP contribution is 2.28. The van der Waals surface area contributed by atoms with Crippen molar-refractivity contribution < 1.29 is 9.18 Å². The Kier molecular flexibility index (Phi) is 6.20.